The molecule has 1 aromatic rings. The van der Waals surface area contributed by atoms with Crippen LogP contribution in [0.3, 0.4) is 0 Å². The predicted molar refractivity (Wildman–Crippen MR) is 56.9 cm³/mol. The number of alkyl halides is 1. The lowest BCUT2D eigenvalue weighted by Gasteiger charge is -2.26. The summed E-state index contributed by atoms with van der Waals surface area (Å²) in [4.78, 5) is 34.5. The lowest BCUT2D eigenvalue weighted by molar-refractivity contribution is -0.144. The summed E-state index contributed by atoms with van der Waals surface area (Å²) in [6.45, 7) is 1.64. The van der Waals surface area contributed by atoms with E-state index in [2.05, 4.69) is 5.10 Å². The average Bonchev–Trinajstić information content (AvgIpc) is 2.63. The van der Waals surface area contributed by atoms with Gasteiger partial charge in [-0.05, 0) is 6.92 Å². The number of aryl methyl sites for hydroxylation is 1. The van der Waals surface area contributed by atoms with Gasteiger partial charge in [0.2, 0.25) is 0 Å². The summed E-state index contributed by atoms with van der Waals surface area (Å²) in [7, 11) is 1.71. The van der Waals surface area contributed by atoms with Gasteiger partial charge in [0.05, 0.1) is 12.7 Å². The van der Waals surface area contributed by atoms with E-state index in [4.69, 9.17) is 0 Å². The summed E-state index contributed by atoms with van der Waals surface area (Å²) >= 11 is 0. The number of barbiturate groups is 1. The molecule has 7 nitrogen and oxygen atoms in total. The van der Waals surface area contributed by atoms with Crippen molar-refractivity contribution in [2.75, 3.05) is 0 Å². The maximum Gasteiger partial charge on any atom is 0.331 e. The molecule has 1 aliphatic rings. The van der Waals surface area contributed by atoms with Crippen LogP contribution in [0.2, 0.25) is 0 Å². The van der Waals surface area contributed by atoms with E-state index in [0.717, 1.165) is 5.69 Å². The van der Waals surface area contributed by atoms with Gasteiger partial charge in [0.25, 0.3) is 18.0 Å². The van der Waals surface area contributed by atoms with Crippen LogP contribution in [0.15, 0.2) is 6.20 Å². The molecular formula is C10H11FN4O3. The highest BCUT2D eigenvalue weighted by Gasteiger charge is 2.40. The molecule has 96 valence electrons. The van der Waals surface area contributed by atoms with Crippen LogP contribution in [0.25, 0.3) is 0 Å². The Morgan fingerprint density at radius 1 is 1.44 bits per heavy atom. The van der Waals surface area contributed by atoms with Gasteiger partial charge in [-0.15, -0.1) is 0 Å². The summed E-state index contributed by atoms with van der Waals surface area (Å²) < 4.78 is 14.8. The largest absolute Gasteiger partial charge is 0.331 e. The molecule has 0 bridgehead atoms. The van der Waals surface area contributed by atoms with Crippen LogP contribution in [0.4, 0.5) is 9.18 Å². The number of amides is 4. The molecule has 1 aliphatic heterocycles. The third-order valence-corrected chi connectivity index (χ3v) is 2.85. The van der Waals surface area contributed by atoms with E-state index in [9.17, 15) is 18.8 Å². The Balaban J connectivity index is 2.23. The fourth-order valence-corrected chi connectivity index (χ4v) is 1.60. The average molecular weight is 254 g/mol. The SMILES string of the molecule is Cc1c(CN2C(=O)NC(=O)C(F)C2=O)cnn1C. The number of halogens is 1. The van der Waals surface area contributed by atoms with Crippen molar-refractivity contribution >= 4 is 17.8 Å². The number of imide groups is 2. The third-order valence-electron chi connectivity index (χ3n) is 2.85. The third kappa shape index (κ3) is 1.85. The quantitative estimate of drug-likeness (QED) is 0.731. The first-order chi connectivity index (χ1) is 8.41. The lowest BCUT2D eigenvalue weighted by Crippen LogP contribution is -2.58. The number of aromatic nitrogens is 2. The van der Waals surface area contributed by atoms with Crippen molar-refractivity contribution in [1.29, 1.82) is 0 Å². The van der Waals surface area contributed by atoms with E-state index in [1.165, 1.54) is 6.20 Å². The van der Waals surface area contributed by atoms with Crippen molar-refractivity contribution in [3.05, 3.63) is 17.5 Å². The second kappa shape index (κ2) is 4.21. The highest BCUT2D eigenvalue weighted by atomic mass is 19.1. The zero-order valence-corrected chi connectivity index (χ0v) is 9.81. The number of urea groups is 1. The minimum Gasteiger partial charge on any atom is -0.275 e. The molecule has 2 rings (SSSR count). The van der Waals surface area contributed by atoms with Crippen LogP contribution in [0.5, 0.6) is 0 Å². The Bertz CT molecular complexity index is 539. The van der Waals surface area contributed by atoms with Gasteiger partial charge in [0.1, 0.15) is 0 Å². The monoisotopic (exact) mass is 254 g/mol. The number of nitrogens with zero attached hydrogens (tertiary/aromatic N) is 3. The predicted octanol–water partition coefficient (Wildman–Crippen LogP) is -0.355. The molecule has 1 N–H and O–H groups in total. The molecule has 0 radical (unpaired) electrons. The smallest absolute Gasteiger partial charge is 0.275 e. The maximum atomic E-state index is 13.2. The fourth-order valence-electron chi connectivity index (χ4n) is 1.60. The van der Waals surface area contributed by atoms with Crippen LogP contribution < -0.4 is 5.32 Å². The summed E-state index contributed by atoms with van der Waals surface area (Å²) in [5.74, 6) is -2.36. The molecule has 4 amide bonds. The highest BCUT2D eigenvalue weighted by Crippen LogP contribution is 2.14. The summed E-state index contributed by atoms with van der Waals surface area (Å²) in [5, 5.41) is 5.73. The molecule has 0 saturated carbocycles. The second-order valence-corrected chi connectivity index (χ2v) is 3.96. The van der Waals surface area contributed by atoms with Crippen molar-refractivity contribution in [3.63, 3.8) is 0 Å². The normalized spacial score (nSPS) is 20.3. The first-order valence-corrected chi connectivity index (χ1v) is 5.19. The number of carbonyl (C=O) groups excluding carboxylic acids is 3. The molecule has 0 spiro atoms. The maximum absolute atomic E-state index is 13.2. The van der Waals surface area contributed by atoms with Crippen molar-refractivity contribution < 1.29 is 18.8 Å². The topological polar surface area (TPSA) is 84.3 Å². The zero-order chi connectivity index (χ0) is 13.4. The number of hydrogen-bond acceptors (Lipinski definition) is 4. The van der Waals surface area contributed by atoms with Crippen LogP contribution in [-0.2, 0) is 23.2 Å². The molecule has 1 atom stereocenters. The first kappa shape index (κ1) is 12.2. The van der Waals surface area contributed by atoms with E-state index < -0.39 is 24.0 Å². The Kier molecular flexibility index (Phi) is 2.85. The molecule has 1 fully saturated rings. The Morgan fingerprint density at radius 3 is 2.67 bits per heavy atom. The number of carbonyl (C=O) groups is 3. The zero-order valence-electron chi connectivity index (χ0n) is 9.81. The molecule has 0 aliphatic carbocycles. The van der Waals surface area contributed by atoms with Gasteiger partial charge < -0.3 is 0 Å². The van der Waals surface area contributed by atoms with E-state index in [0.29, 0.717) is 10.5 Å². The molecule has 8 heteroatoms. The van der Waals surface area contributed by atoms with E-state index in [1.807, 2.05) is 0 Å². The van der Waals surface area contributed by atoms with Gasteiger partial charge in [-0.3, -0.25) is 24.5 Å². The van der Waals surface area contributed by atoms with Gasteiger partial charge in [-0.25, -0.2) is 9.18 Å². The van der Waals surface area contributed by atoms with Gasteiger partial charge in [-0.1, -0.05) is 0 Å². The fraction of sp³-hybridized carbons (Fsp3) is 0.400. The van der Waals surface area contributed by atoms with E-state index >= 15 is 0 Å². The minimum absolute atomic E-state index is 0.113. The van der Waals surface area contributed by atoms with Crippen molar-refractivity contribution in [1.82, 2.24) is 20.0 Å². The molecule has 0 aromatic carbocycles. The molecular weight excluding hydrogens is 243 g/mol. The van der Waals surface area contributed by atoms with Crippen molar-refractivity contribution in [2.24, 2.45) is 7.05 Å². The summed E-state index contributed by atoms with van der Waals surface area (Å²) in [6.07, 6.45) is -0.848. The molecule has 1 aromatic heterocycles. The van der Waals surface area contributed by atoms with Crippen LogP contribution in [0, 0.1) is 6.92 Å². The van der Waals surface area contributed by atoms with Crippen LogP contribution in [0.1, 0.15) is 11.3 Å². The standard InChI is InChI=1S/C10H11FN4O3/c1-5-6(3-12-14(5)2)4-15-9(17)7(11)8(16)13-10(15)18/h3,7H,4H2,1-2H3,(H,13,16,18). The van der Waals surface area contributed by atoms with Gasteiger partial charge in [0.15, 0.2) is 0 Å². The van der Waals surface area contributed by atoms with Crippen molar-refractivity contribution in [2.45, 2.75) is 19.6 Å². The first-order valence-electron chi connectivity index (χ1n) is 5.19. The van der Waals surface area contributed by atoms with E-state index in [1.54, 1.807) is 24.0 Å². The molecule has 1 unspecified atom stereocenters. The van der Waals surface area contributed by atoms with Crippen LogP contribution in [-0.4, -0.2) is 38.7 Å². The van der Waals surface area contributed by atoms with Gasteiger partial charge in [0, 0.05) is 18.3 Å². The Morgan fingerprint density at radius 2 is 2.11 bits per heavy atom. The minimum atomic E-state index is -2.33. The van der Waals surface area contributed by atoms with Crippen molar-refractivity contribution in [3.8, 4) is 0 Å². The van der Waals surface area contributed by atoms with Crippen LogP contribution >= 0.6 is 0 Å². The number of hydrogen-bond donors (Lipinski definition) is 1. The molecule has 1 saturated heterocycles. The lowest BCUT2D eigenvalue weighted by atomic mass is 10.2. The number of rotatable bonds is 2. The summed E-state index contributed by atoms with van der Waals surface area (Å²) in [5.41, 5.74) is 1.37. The summed E-state index contributed by atoms with van der Waals surface area (Å²) in [6, 6.07) is -0.915. The Labute approximate surface area is 102 Å². The Hall–Kier alpha value is -2.25. The van der Waals surface area contributed by atoms with Gasteiger partial charge in [-0.2, -0.15) is 5.10 Å². The van der Waals surface area contributed by atoms with E-state index in [-0.39, 0.29) is 6.54 Å². The molecule has 2 heterocycles. The second-order valence-electron chi connectivity index (χ2n) is 3.96. The molecule has 18 heavy (non-hydrogen) atoms. The number of nitrogens with one attached hydrogen (secondary N) is 1. The van der Waals surface area contributed by atoms with Gasteiger partial charge >= 0.3 is 6.03 Å². The highest BCUT2D eigenvalue weighted by molar-refractivity contribution is 6.17.